The van der Waals surface area contributed by atoms with E-state index in [0.717, 1.165) is 6.07 Å². The zero-order chi connectivity index (χ0) is 11.5. The number of nitrogens with zero attached hydrogens (tertiary/aromatic N) is 1. The summed E-state index contributed by atoms with van der Waals surface area (Å²) < 4.78 is 12.8. The fourth-order valence-electron chi connectivity index (χ4n) is 1.45. The van der Waals surface area contributed by atoms with Gasteiger partial charge in [-0.05, 0) is 5.56 Å². The third-order valence-electron chi connectivity index (χ3n) is 2.19. The van der Waals surface area contributed by atoms with E-state index in [1.807, 2.05) is 6.07 Å². The Morgan fingerprint density at radius 1 is 1.25 bits per heavy atom. The number of halogens is 1. The van der Waals surface area contributed by atoms with E-state index in [1.165, 1.54) is 6.20 Å². The standard InChI is InChI=1S/C12H8FNO2/c13-11-6-9(12(15)16)10(7-14-11)8-4-2-1-3-5-8/h1-7H,(H,15,16). The van der Waals surface area contributed by atoms with Gasteiger partial charge in [0, 0.05) is 17.8 Å². The molecule has 1 N–H and O–H groups in total. The lowest BCUT2D eigenvalue weighted by atomic mass is 10.0. The summed E-state index contributed by atoms with van der Waals surface area (Å²) in [7, 11) is 0. The van der Waals surface area contributed by atoms with Gasteiger partial charge in [-0.3, -0.25) is 0 Å². The van der Waals surface area contributed by atoms with Gasteiger partial charge < -0.3 is 5.11 Å². The minimum atomic E-state index is -1.17. The normalized spacial score (nSPS) is 10.1. The molecule has 4 heteroatoms. The van der Waals surface area contributed by atoms with Crippen LogP contribution in [0.2, 0.25) is 0 Å². The lowest BCUT2D eigenvalue weighted by Crippen LogP contribution is -2.01. The van der Waals surface area contributed by atoms with E-state index < -0.39 is 11.9 Å². The summed E-state index contributed by atoms with van der Waals surface area (Å²) in [6.07, 6.45) is 1.23. The Morgan fingerprint density at radius 2 is 1.94 bits per heavy atom. The highest BCUT2D eigenvalue weighted by Gasteiger charge is 2.13. The summed E-state index contributed by atoms with van der Waals surface area (Å²) in [4.78, 5) is 14.4. The van der Waals surface area contributed by atoms with Crippen LogP contribution in [0, 0.1) is 5.95 Å². The lowest BCUT2D eigenvalue weighted by Gasteiger charge is -2.05. The fourth-order valence-corrected chi connectivity index (χ4v) is 1.45. The molecule has 1 heterocycles. The van der Waals surface area contributed by atoms with Crippen molar-refractivity contribution in [1.29, 1.82) is 0 Å². The Labute approximate surface area is 91.2 Å². The number of hydrogen-bond donors (Lipinski definition) is 1. The van der Waals surface area contributed by atoms with Gasteiger partial charge in [0.1, 0.15) is 0 Å². The van der Waals surface area contributed by atoms with Crippen molar-refractivity contribution in [3.8, 4) is 11.1 Å². The molecule has 0 radical (unpaired) electrons. The van der Waals surface area contributed by atoms with Crippen molar-refractivity contribution in [2.24, 2.45) is 0 Å². The zero-order valence-corrected chi connectivity index (χ0v) is 8.22. The van der Waals surface area contributed by atoms with E-state index in [2.05, 4.69) is 4.98 Å². The first-order chi connectivity index (χ1) is 7.68. The van der Waals surface area contributed by atoms with Crippen LogP contribution in [0.25, 0.3) is 11.1 Å². The summed E-state index contributed by atoms with van der Waals surface area (Å²) in [5.74, 6) is -1.96. The Balaban J connectivity index is 2.61. The smallest absolute Gasteiger partial charge is 0.336 e. The van der Waals surface area contributed by atoms with Gasteiger partial charge in [-0.1, -0.05) is 30.3 Å². The van der Waals surface area contributed by atoms with Gasteiger partial charge in [-0.25, -0.2) is 9.78 Å². The maximum absolute atomic E-state index is 12.8. The van der Waals surface area contributed by atoms with Gasteiger partial charge in [0.2, 0.25) is 5.95 Å². The van der Waals surface area contributed by atoms with E-state index in [-0.39, 0.29) is 5.56 Å². The number of carboxylic acid groups (broad SMARTS) is 1. The summed E-state index contributed by atoms with van der Waals surface area (Å²) in [6, 6.07) is 9.81. The molecule has 0 saturated heterocycles. The first-order valence-corrected chi connectivity index (χ1v) is 4.63. The van der Waals surface area contributed by atoms with E-state index in [0.29, 0.717) is 11.1 Å². The van der Waals surface area contributed by atoms with Crippen molar-refractivity contribution >= 4 is 5.97 Å². The zero-order valence-electron chi connectivity index (χ0n) is 8.22. The van der Waals surface area contributed by atoms with Crippen LogP contribution < -0.4 is 0 Å². The van der Waals surface area contributed by atoms with E-state index >= 15 is 0 Å². The summed E-state index contributed by atoms with van der Waals surface area (Å²) in [6.45, 7) is 0. The van der Waals surface area contributed by atoms with Crippen LogP contribution in [-0.4, -0.2) is 16.1 Å². The van der Waals surface area contributed by atoms with E-state index in [4.69, 9.17) is 5.11 Å². The lowest BCUT2D eigenvalue weighted by molar-refractivity contribution is 0.0697. The first kappa shape index (κ1) is 10.3. The maximum Gasteiger partial charge on any atom is 0.336 e. The molecule has 0 spiro atoms. The number of hydrogen-bond acceptors (Lipinski definition) is 2. The van der Waals surface area contributed by atoms with Crippen molar-refractivity contribution in [3.05, 3.63) is 54.1 Å². The minimum absolute atomic E-state index is 0.0845. The highest BCUT2D eigenvalue weighted by Crippen LogP contribution is 2.22. The van der Waals surface area contributed by atoms with Crippen LogP contribution in [0.3, 0.4) is 0 Å². The summed E-state index contributed by atoms with van der Waals surface area (Å²) in [5, 5.41) is 8.96. The number of aromatic carboxylic acids is 1. The number of rotatable bonds is 2. The molecule has 16 heavy (non-hydrogen) atoms. The number of aromatic nitrogens is 1. The van der Waals surface area contributed by atoms with E-state index in [1.54, 1.807) is 24.3 Å². The second-order valence-electron chi connectivity index (χ2n) is 3.22. The molecule has 1 aromatic carbocycles. The average Bonchev–Trinajstić information content (AvgIpc) is 2.30. The second-order valence-corrected chi connectivity index (χ2v) is 3.22. The summed E-state index contributed by atoms with van der Waals surface area (Å²) >= 11 is 0. The minimum Gasteiger partial charge on any atom is -0.478 e. The van der Waals surface area contributed by atoms with Gasteiger partial charge in [0.05, 0.1) is 5.56 Å². The maximum atomic E-state index is 12.8. The molecule has 0 aliphatic heterocycles. The monoisotopic (exact) mass is 217 g/mol. The Hall–Kier alpha value is -2.23. The highest BCUT2D eigenvalue weighted by molar-refractivity contribution is 5.95. The molecule has 0 saturated carbocycles. The molecule has 2 rings (SSSR count). The third kappa shape index (κ3) is 1.91. The number of pyridine rings is 1. The Morgan fingerprint density at radius 3 is 2.56 bits per heavy atom. The van der Waals surface area contributed by atoms with Gasteiger partial charge in [-0.15, -0.1) is 0 Å². The van der Waals surface area contributed by atoms with Crippen molar-refractivity contribution in [1.82, 2.24) is 4.98 Å². The second kappa shape index (κ2) is 4.10. The van der Waals surface area contributed by atoms with Crippen LogP contribution in [-0.2, 0) is 0 Å². The summed E-state index contributed by atoms with van der Waals surface area (Å²) in [5.41, 5.74) is 1.03. The van der Waals surface area contributed by atoms with Crippen molar-refractivity contribution < 1.29 is 14.3 Å². The van der Waals surface area contributed by atoms with Crippen LogP contribution in [0.4, 0.5) is 4.39 Å². The van der Waals surface area contributed by atoms with Gasteiger partial charge in [0.15, 0.2) is 0 Å². The SMILES string of the molecule is O=C(O)c1cc(F)ncc1-c1ccccc1. The predicted molar refractivity (Wildman–Crippen MR) is 56.6 cm³/mol. The van der Waals surface area contributed by atoms with Crippen LogP contribution >= 0.6 is 0 Å². The van der Waals surface area contributed by atoms with Gasteiger partial charge in [0.25, 0.3) is 0 Å². The molecule has 3 nitrogen and oxygen atoms in total. The molecule has 2 aromatic rings. The molecular weight excluding hydrogens is 209 g/mol. The molecule has 80 valence electrons. The number of carboxylic acids is 1. The molecule has 0 atom stereocenters. The van der Waals surface area contributed by atoms with Gasteiger partial charge >= 0.3 is 5.97 Å². The fraction of sp³-hybridized carbons (Fsp3) is 0. The quantitative estimate of drug-likeness (QED) is 0.786. The Kier molecular flexibility index (Phi) is 2.64. The van der Waals surface area contributed by atoms with Crippen molar-refractivity contribution in [2.45, 2.75) is 0 Å². The predicted octanol–water partition coefficient (Wildman–Crippen LogP) is 2.59. The number of carbonyl (C=O) groups is 1. The van der Waals surface area contributed by atoms with Crippen LogP contribution in [0.1, 0.15) is 10.4 Å². The average molecular weight is 217 g/mol. The van der Waals surface area contributed by atoms with Crippen molar-refractivity contribution in [3.63, 3.8) is 0 Å². The number of benzene rings is 1. The molecule has 0 fully saturated rings. The Bertz CT molecular complexity index is 526. The first-order valence-electron chi connectivity index (χ1n) is 4.63. The molecule has 0 unspecified atom stereocenters. The molecule has 0 aliphatic rings. The molecule has 1 aromatic heterocycles. The molecule has 0 amide bonds. The molecular formula is C12H8FNO2. The van der Waals surface area contributed by atoms with Crippen molar-refractivity contribution in [2.75, 3.05) is 0 Å². The van der Waals surface area contributed by atoms with E-state index in [9.17, 15) is 9.18 Å². The van der Waals surface area contributed by atoms with Gasteiger partial charge in [-0.2, -0.15) is 4.39 Å². The highest BCUT2D eigenvalue weighted by atomic mass is 19.1. The van der Waals surface area contributed by atoms with Crippen LogP contribution in [0.15, 0.2) is 42.6 Å². The van der Waals surface area contributed by atoms with Crippen LogP contribution in [0.5, 0.6) is 0 Å². The third-order valence-corrected chi connectivity index (χ3v) is 2.19. The molecule has 0 bridgehead atoms. The molecule has 0 aliphatic carbocycles. The topological polar surface area (TPSA) is 50.2 Å². The largest absolute Gasteiger partial charge is 0.478 e.